The van der Waals surface area contributed by atoms with E-state index in [4.69, 9.17) is 16.3 Å². The second-order valence-electron chi connectivity index (χ2n) is 5.96. The van der Waals surface area contributed by atoms with Crippen molar-refractivity contribution in [1.82, 2.24) is 0 Å². The summed E-state index contributed by atoms with van der Waals surface area (Å²) in [5, 5.41) is 14.1. The molecule has 0 aromatic heterocycles. The molecule has 0 fully saturated rings. The number of carbonyl (C=O) groups excluding carboxylic acids is 1. The third-order valence-corrected chi connectivity index (χ3v) is 4.31. The van der Waals surface area contributed by atoms with Gasteiger partial charge in [0.2, 0.25) is 0 Å². The molecule has 138 valence electrons. The Balaban J connectivity index is 1.89. The molecule has 0 bridgehead atoms. The largest absolute Gasteiger partial charge is 0.494 e. The summed E-state index contributed by atoms with van der Waals surface area (Å²) in [6.45, 7) is 2.41. The molecule has 0 aliphatic rings. The van der Waals surface area contributed by atoms with Crippen LogP contribution in [0.2, 0.25) is 5.02 Å². The van der Waals surface area contributed by atoms with Gasteiger partial charge in [-0.05, 0) is 48.9 Å². The third-order valence-electron chi connectivity index (χ3n) is 4.08. The molecule has 0 heterocycles. The molecule has 0 spiro atoms. The molecule has 3 aromatic rings. The maximum atomic E-state index is 12.7. The maximum absolute atomic E-state index is 12.7. The number of ether oxygens (including phenoxy) is 1. The third kappa shape index (κ3) is 4.67. The van der Waals surface area contributed by atoms with Crippen LogP contribution in [0.3, 0.4) is 0 Å². The van der Waals surface area contributed by atoms with Gasteiger partial charge in [0.15, 0.2) is 0 Å². The van der Waals surface area contributed by atoms with Crippen molar-refractivity contribution in [3.63, 3.8) is 0 Å². The number of halogens is 1. The molecule has 3 rings (SSSR count). The number of rotatable bonds is 6. The Labute approximate surface area is 163 Å². The highest BCUT2D eigenvalue weighted by Crippen LogP contribution is 2.31. The smallest absolute Gasteiger partial charge is 0.255 e. The number of hydrogen-bond acceptors (Lipinski definition) is 3. The zero-order valence-electron chi connectivity index (χ0n) is 14.9. The summed E-state index contributed by atoms with van der Waals surface area (Å²) in [6, 6.07) is 21.2. The molecular formula is C22H20ClNO3. The van der Waals surface area contributed by atoms with E-state index in [2.05, 4.69) is 5.32 Å². The first-order chi connectivity index (χ1) is 13.1. The van der Waals surface area contributed by atoms with Crippen LogP contribution in [0.1, 0.15) is 34.5 Å². The number of aliphatic hydroxyl groups excluding tert-OH is 1. The first kappa shape index (κ1) is 19.0. The Morgan fingerprint density at radius 2 is 1.85 bits per heavy atom. The van der Waals surface area contributed by atoms with E-state index < -0.39 is 6.10 Å². The maximum Gasteiger partial charge on any atom is 0.255 e. The van der Waals surface area contributed by atoms with Gasteiger partial charge in [0.25, 0.3) is 5.91 Å². The van der Waals surface area contributed by atoms with Crippen LogP contribution in [0.25, 0.3) is 0 Å². The second kappa shape index (κ2) is 8.71. The fraction of sp³-hybridized carbons (Fsp3) is 0.136. The van der Waals surface area contributed by atoms with Gasteiger partial charge in [-0.2, -0.15) is 0 Å². The molecule has 0 saturated carbocycles. The van der Waals surface area contributed by atoms with E-state index in [1.807, 2.05) is 37.3 Å². The SMILES string of the molecule is CCOc1cccc(C(=O)Nc2ccc(Cl)cc2[C@@H](O)c2ccccc2)c1. The van der Waals surface area contributed by atoms with Crippen molar-refractivity contribution < 1.29 is 14.6 Å². The van der Waals surface area contributed by atoms with E-state index in [1.54, 1.807) is 42.5 Å². The summed E-state index contributed by atoms with van der Waals surface area (Å²) in [6.07, 6.45) is -0.907. The minimum Gasteiger partial charge on any atom is -0.494 e. The first-order valence-corrected chi connectivity index (χ1v) is 9.03. The minimum atomic E-state index is -0.907. The van der Waals surface area contributed by atoms with Crippen molar-refractivity contribution in [3.8, 4) is 5.75 Å². The van der Waals surface area contributed by atoms with E-state index in [1.165, 1.54) is 0 Å². The topological polar surface area (TPSA) is 58.6 Å². The van der Waals surface area contributed by atoms with Crippen LogP contribution in [0, 0.1) is 0 Å². The van der Waals surface area contributed by atoms with E-state index >= 15 is 0 Å². The Morgan fingerprint density at radius 1 is 1.07 bits per heavy atom. The predicted octanol–water partition coefficient (Wildman–Crippen LogP) is 5.07. The van der Waals surface area contributed by atoms with Crippen LogP contribution < -0.4 is 10.1 Å². The van der Waals surface area contributed by atoms with Gasteiger partial charge >= 0.3 is 0 Å². The zero-order valence-corrected chi connectivity index (χ0v) is 15.6. The van der Waals surface area contributed by atoms with E-state index in [-0.39, 0.29) is 5.91 Å². The summed E-state index contributed by atoms with van der Waals surface area (Å²) < 4.78 is 5.44. The number of aliphatic hydroxyl groups is 1. The fourth-order valence-corrected chi connectivity index (χ4v) is 2.96. The highest BCUT2D eigenvalue weighted by Gasteiger charge is 2.17. The van der Waals surface area contributed by atoms with Gasteiger partial charge in [-0.15, -0.1) is 0 Å². The summed E-state index contributed by atoms with van der Waals surface area (Å²) in [4.78, 5) is 12.7. The van der Waals surface area contributed by atoms with E-state index in [0.29, 0.717) is 39.8 Å². The summed E-state index contributed by atoms with van der Waals surface area (Å²) in [5.41, 5.74) is 2.22. The molecule has 27 heavy (non-hydrogen) atoms. The van der Waals surface area contributed by atoms with Crippen molar-refractivity contribution in [1.29, 1.82) is 0 Å². The number of nitrogens with one attached hydrogen (secondary N) is 1. The standard InChI is InChI=1S/C22H20ClNO3/c1-2-27-18-10-6-9-16(13-18)22(26)24-20-12-11-17(23)14-19(20)21(25)15-7-4-3-5-8-15/h3-14,21,25H,2H2,1H3,(H,24,26)/t21-/m0/s1. The minimum absolute atomic E-state index is 0.291. The van der Waals surface area contributed by atoms with Crippen LogP contribution in [-0.4, -0.2) is 17.6 Å². The van der Waals surface area contributed by atoms with Gasteiger partial charge in [-0.1, -0.05) is 48.0 Å². The van der Waals surface area contributed by atoms with Crippen LogP contribution in [0.4, 0.5) is 5.69 Å². The van der Waals surface area contributed by atoms with Gasteiger partial charge < -0.3 is 15.2 Å². The highest BCUT2D eigenvalue weighted by molar-refractivity contribution is 6.30. The molecule has 5 heteroatoms. The summed E-state index contributed by atoms with van der Waals surface area (Å²) in [7, 11) is 0. The number of anilines is 1. The van der Waals surface area contributed by atoms with Gasteiger partial charge in [0.05, 0.1) is 6.61 Å². The molecule has 2 N–H and O–H groups in total. The number of hydrogen-bond donors (Lipinski definition) is 2. The van der Waals surface area contributed by atoms with Crippen molar-refractivity contribution >= 4 is 23.2 Å². The van der Waals surface area contributed by atoms with Crippen LogP contribution >= 0.6 is 11.6 Å². The average Bonchev–Trinajstić information content (AvgIpc) is 2.70. The average molecular weight is 382 g/mol. The molecule has 0 saturated heterocycles. The summed E-state index contributed by atoms with van der Waals surface area (Å²) in [5.74, 6) is 0.339. The van der Waals surface area contributed by atoms with Gasteiger partial charge in [-0.25, -0.2) is 0 Å². The lowest BCUT2D eigenvalue weighted by molar-refractivity contribution is 0.102. The van der Waals surface area contributed by atoms with E-state index in [0.717, 1.165) is 0 Å². The Morgan fingerprint density at radius 3 is 2.59 bits per heavy atom. The Hall–Kier alpha value is -2.82. The van der Waals surface area contributed by atoms with Gasteiger partial charge in [0.1, 0.15) is 11.9 Å². The molecule has 0 radical (unpaired) electrons. The molecule has 0 aliphatic heterocycles. The predicted molar refractivity (Wildman–Crippen MR) is 108 cm³/mol. The van der Waals surface area contributed by atoms with Crippen molar-refractivity contribution in [3.05, 3.63) is 94.5 Å². The van der Waals surface area contributed by atoms with Gasteiger partial charge in [-0.3, -0.25) is 4.79 Å². The quantitative estimate of drug-likeness (QED) is 0.626. The lowest BCUT2D eigenvalue weighted by Gasteiger charge is -2.17. The molecule has 0 unspecified atom stereocenters. The van der Waals surface area contributed by atoms with Crippen LogP contribution in [0.15, 0.2) is 72.8 Å². The van der Waals surface area contributed by atoms with Crippen LogP contribution in [-0.2, 0) is 0 Å². The molecule has 1 amide bonds. The molecule has 3 aromatic carbocycles. The number of carbonyl (C=O) groups is 1. The molecule has 0 aliphatic carbocycles. The van der Waals surface area contributed by atoms with Gasteiger partial charge in [0, 0.05) is 21.8 Å². The fourth-order valence-electron chi connectivity index (χ4n) is 2.78. The Bertz CT molecular complexity index is 928. The van der Waals surface area contributed by atoms with Crippen molar-refractivity contribution in [2.24, 2.45) is 0 Å². The second-order valence-corrected chi connectivity index (χ2v) is 6.40. The normalized spacial score (nSPS) is 11.7. The van der Waals surface area contributed by atoms with E-state index in [9.17, 15) is 9.90 Å². The number of amides is 1. The lowest BCUT2D eigenvalue weighted by atomic mass is 9.99. The lowest BCUT2D eigenvalue weighted by Crippen LogP contribution is -2.15. The van der Waals surface area contributed by atoms with Crippen molar-refractivity contribution in [2.75, 3.05) is 11.9 Å². The molecule has 1 atom stereocenters. The molecule has 4 nitrogen and oxygen atoms in total. The zero-order chi connectivity index (χ0) is 19.2. The monoisotopic (exact) mass is 381 g/mol. The van der Waals surface area contributed by atoms with Crippen molar-refractivity contribution in [2.45, 2.75) is 13.0 Å². The van der Waals surface area contributed by atoms with Crippen LogP contribution in [0.5, 0.6) is 5.75 Å². The highest BCUT2D eigenvalue weighted by atomic mass is 35.5. The first-order valence-electron chi connectivity index (χ1n) is 8.65. The molecular weight excluding hydrogens is 362 g/mol. The summed E-state index contributed by atoms with van der Waals surface area (Å²) >= 11 is 6.12. The number of benzene rings is 3. The Kier molecular flexibility index (Phi) is 6.12.